The molecule has 1 heterocycles. The van der Waals surface area contributed by atoms with Crippen LogP contribution in [-0.4, -0.2) is 15.5 Å². The van der Waals surface area contributed by atoms with Crippen LogP contribution in [0.5, 0.6) is 0 Å². The highest BCUT2D eigenvalue weighted by Gasteiger charge is 2.21. The molecule has 3 aromatic rings. The molecule has 0 aliphatic rings. The van der Waals surface area contributed by atoms with Gasteiger partial charge in [-0.3, -0.25) is 4.79 Å². The third-order valence-corrected chi connectivity index (χ3v) is 4.19. The van der Waals surface area contributed by atoms with Gasteiger partial charge in [-0.05, 0) is 29.3 Å². The molecule has 0 fully saturated rings. The van der Waals surface area contributed by atoms with Crippen molar-refractivity contribution in [3.63, 3.8) is 0 Å². The van der Waals surface area contributed by atoms with E-state index in [4.69, 9.17) is 11.6 Å². The summed E-state index contributed by atoms with van der Waals surface area (Å²) in [6.07, 6.45) is 3.43. The number of amides is 1. The fraction of sp³-hybridized carbons (Fsp3) is 0.158. The second kappa shape index (κ2) is 7.49. The van der Waals surface area contributed by atoms with Crippen LogP contribution in [0.15, 0.2) is 60.9 Å². The molecular formula is C19H17ClFN3O. The maximum Gasteiger partial charge on any atom is 0.225 e. The van der Waals surface area contributed by atoms with E-state index in [0.29, 0.717) is 16.4 Å². The Morgan fingerprint density at radius 1 is 1.24 bits per heavy atom. The van der Waals surface area contributed by atoms with Gasteiger partial charge in [0.2, 0.25) is 5.91 Å². The van der Waals surface area contributed by atoms with Crippen molar-refractivity contribution >= 4 is 17.5 Å². The van der Waals surface area contributed by atoms with Crippen LogP contribution < -0.4 is 5.32 Å². The summed E-state index contributed by atoms with van der Waals surface area (Å²) in [6.45, 7) is 0. The average molecular weight is 358 g/mol. The van der Waals surface area contributed by atoms with Gasteiger partial charge in [-0.15, -0.1) is 0 Å². The molecule has 0 saturated carbocycles. The number of halogens is 2. The summed E-state index contributed by atoms with van der Waals surface area (Å²) in [7, 11) is 1.86. The van der Waals surface area contributed by atoms with Gasteiger partial charge in [0.25, 0.3) is 0 Å². The van der Waals surface area contributed by atoms with Crippen LogP contribution in [0.1, 0.15) is 23.0 Å². The quantitative estimate of drug-likeness (QED) is 0.757. The molecular weight excluding hydrogens is 341 g/mol. The van der Waals surface area contributed by atoms with Gasteiger partial charge in [0.1, 0.15) is 17.7 Å². The Kier molecular flexibility index (Phi) is 5.14. The second-order valence-corrected chi connectivity index (χ2v) is 6.15. The molecule has 0 bridgehead atoms. The van der Waals surface area contributed by atoms with Gasteiger partial charge in [0.05, 0.1) is 6.42 Å². The number of carbonyl (C=O) groups excluding carboxylic acids is 1. The van der Waals surface area contributed by atoms with Crippen LogP contribution in [0.2, 0.25) is 5.02 Å². The van der Waals surface area contributed by atoms with Crippen molar-refractivity contribution in [2.24, 2.45) is 7.05 Å². The Morgan fingerprint density at radius 2 is 1.96 bits per heavy atom. The number of hydrogen-bond donors (Lipinski definition) is 1. The Labute approximate surface area is 150 Å². The molecule has 25 heavy (non-hydrogen) atoms. The average Bonchev–Trinajstić information content (AvgIpc) is 3.01. The van der Waals surface area contributed by atoms with Crippen molar-refractivity contribution in [2.45, 2.75) is 12.5 Å². The molecule has 1 amide bonds. The van der Waals surface area contributed by atoms with E-state index in [2.05, 4.69) is 10.3 Å². The summed E-state index contributed by atoms with van der Waals surface area (Å²) < 4.78 is 15.6. The lowest BCUT2D eigenvalue weighted by Gasteiger charge is -2.19. The number of benzene rings is 2. The monoisotopic (exact) mass is 357 g/mol. The lowest BCUT2D eigenvalue weighted by atomic mass is 10.0. The summed E-state index contributed by atoms with van der Waals surface area (Å²) in [5.74, 6) is 0.00920. The molecule has 0 saturated heterocycles. The highest BCUT2D eigenvalue weighted by Crippen LogP contribution is 2.22. The molecule has 6 heteroatoms. The van der Waals surface area contributed by atoms with Crippen LogP contribution in [0.25, 0.3) is 0 Å². The van der Waals surface area contributed by atoms with Gasteiger partial charge in [0.15, 0.2) is 0 Å². The maximum atomic E-state index is 13.8. The molecule has 128 valence electrons. The van der Waals surface area contributed by atoms with Crippen molar-refractivity contribution in [3.05, 3.63) is 88.7 Å². The minimum Gasteiger partial charge on any atom is -0.342 e. The Balaban J connectivity index is 1.85. The molecule has 2 aromatic carbocycles. The highest BCUT2D eigenvalue weighted by molar-refractivity contribution is 6.30. The zero-order valence-electron chi connectivity index (χ0n) is 13.6. The van der Waals surface area contributed by atoms with Gasteiger partial charge in [-0.2, -0.15) is 0 Å². The largest absolute Gasteiger partial charge is 0.342 e. The molecule has 0 unspecified atom stereocenters. The molecule has 4 nitrogen and oxygen atoms in total. The number of nitrogens with zero attached hydrogens (tertiary/aromatic N) is 2. The van der Waals surface area contributed by atoms with Crippen molar-refractivity contribution in [3.8, 4) is 0 Å². The fourth-order valence-electron chi connectivity index (χ4n) is 2.63. The lowest BCUT2D eigenvalue weighted by molar-refractivity contribution is -0.121. The normalized spacial score (nSPS) is 12.0. The van der Waals surface area contributed by atoms with Crippen molar-refractivity contribution in [1.82, 2.24) is 14.9 Å². The van der Waals surface area contributed by atoms with Crippen LogP contribution in [0.3, 0.4) is 0 Å². The third-order valence-electron chi connectivity index (χ3n) is 3.93. The van der Waals surface area contributed by atoms with Gasteiger partial charge in [-0.1, -0.05) is 41.9 Å². The molecule has 1 aromatic heterocycles. The van der Waals surface area contributed by atoms with Gasteiger partial charge in [0, 0.05) is 24.5 Å². The number of hydrogen-bond acceptors (Lipinski definition) is 2. The first-order valence-corrected chi connectivity index (χ1v) is 8.18. The lowest BCUT2D eigenvalue weighted by Crippen LogP contribution is -2.32. The predicted octanol–water partition coefficient (Wildman–Crippen LogP) is 3.66. The smallest absolute Gasteiger partial charge is 0.225 e. The summed E-state index contributed by atoms with van der Waals surface area (Å²) >= 11 is 5.95. The van der Waals surface area contributed by atoms with E-state index >= 15 is 0 Å². The van der Waals surface area contributed by atoms with E-state index in [9.17, 15) is 9.18 Å². The minimum atomic E-state index is -0.448. The topological polar surface area (TPSA) is 46.9 Å². The SMILES string of the molecule is Cn1ccnc1[C@@H](NC(=O)Cc1ccccc1F)c1ccc(Cl)cc1. The molecule has 0 radical (unpaired) electrons. The summed E-state index contributed by atoms with van der Waals surface area (Å²) in [5, 5.41) is 3.55. The van der Waals surface area contributed by atoms with Crippen LogP contribution in [0.4, 0.5) is 4.39 Å². The number of imidazole rings is 1. The van der Waals surface area contributed by atoms with E-state index in [-0.39, 0.29) is 12.3 Å². The van der Waals surface area contributed by atoms with E-state index in [1.807, 2.05) is 23.7 Å². The minimum absolute atomic E-state index is 0.0405. The zero-order valence-corrected chi connectivity index (χ0v) is 14.4. The summed E-state index contributed by atoms with van der Waals surface area (Å²) in [5.41, 5.74) is 1.20. The maximum absolute atomic E-state index is 13.8. The molecule has 0 spiro atoms. The fourth-order valence-corrected chi connectivity index (χ4v) is 2.76. The van der Waals surface area contributed by atoms with E-state index < -0.39 is 11.9 Å². The van der Waals surface area contributed by atoms with E-state index in [1.54, 1.807) is 42.7 Å². The molecule has 3 rings (SSSR count). The van der Waals surface area contributed by atoms with Crippen molar-refractivity contribution < 1.29 is 9.18 Å². The van der Waals surface area contributed by atoms with Gasteiger partial charge >= 0.3 is 0 Å². The van der Waals surface area contributed by atoms with Crippen molar-refractivity contribution in [1.29, 1.82) is 0 Å². The first-order chi connectivity index (χ1) is 12.0. The van der Waals surface area contributed by atoms with Crippen LogP contribution >= 0.6 is 11.6 Å². The number of aryl methyl sites for hydroxylation is 1. The van der Waals surface area contributed by atoms with Gasteiger partial charge in [-0.25, -0.2) is 9.37 Å². The Morgan fingerprint density at radius 3 is 2.60 bits per heavy atom. The van der Waals surface area contributed by atoms with E-state index in [1.165, 1.54) is 6.07 Å². The third kappa shape index (κ3) is 4.06. The Bertz CT molecular complexity index is 876. The molecule has 0 aliphatic carbocycles. The molecule has 0 aliphatic heterocycles. The number of aromatic nitrogens is 2. The zero-order chi connectivity index (χ0) is 17.8. The molecule has 1 atom stereocenters. The number of nitrogens with one attached hydrogen (secondary N) is 1. The predicted molar refractivity (Wildman–Crippen MR) is 94.7 cm³/mol. The first kappa shape index (κ1) is 17.2. The highest BCUT2D eigenvalue weighted by atomic mass is 35.5. The molecule has 1 N–H and O–H groups in total. The first-order valence-electron chi connectivity index (χ1n) is 7.80. The number of carbonyl (C=O) groups is 1. The summed E-state index contributed by atoms with van der Waals surface area (Å²) in [6, 6.07) is 13.0. The van der Waals surface area contributed by atoms with Crippen LogP contribution in [-0.2, 0) is 18.3 Å². The summed E-state index contributed by atoms with van der Waals surface area (Å²) in [4.78, 5) is 16.8. The van der Waals surface area contributed by atoms with Crippen molar-refractivity contribution in [2.75, 3.05) is 0 Å². The van der Waals surface area contributed by atoms with Crippen LogP contribution in [0, 0.1) is 5.82 Å². The van der Waals surface area contributed by atoms with E-state index in [0.717, 1.165) is 5.56 Å². The standard InChI is InChI=1S/C19H17ClFN3O/c1-24-11-10-22-19(24)18(13-6-8-15(20)9-7-13)23-17(25)12-14-4-2-3-5-16(14)21/h2-11,18H,12H2,1H3,(H,23,25)/t18-/m0/s1. The second-order valence-electron chi connectivity index (χ2n) is 5.72. The number of rotatable bonds is 5. The Hall–Kier alpha value is -2.66. The van der Waals surface area contributed by atoms with Gasteiger partial charge < -0.3 is 9.88 Å².